The van der Waals surface area contributed by atoms with Gasteiger partial charge in [0, 0.05) is 17.3 Å². The molecule has 3 amide bonds. The molecule has 2 aromatic carbocycles. The van der Waals surface area contributed by atoms with Gasteiger partial charge >= 0.3 is 0 Å². The minimum absolute atomic E-state index is 0.0471. The highest BCUT2D eigenvalue weighted by molar-refractivity contribution is 6.09. The first-order valence-electron chi connectivity index (χ1n) is 9.48. The van der Waals surface area contributed by atoms with Crippen LogP contribution in [-0.4, -0.2) is 35.9 Å². The SMILES string of the molecule is CC(C)NC(=O)CN1C(=O)C(C)(C)Oc2ccc(C(=O)Nc3ccccc3)cc21. The molecule has 29 heavy (non-hydrogen) atoms. The Hall–Kier alpha value is -3.35. The minimum Gasteiger partial charge on any atom is -0.476 e. The number of rotatable bonds is 5. The molecule has 7 nitrogen and oxygen atoms in total. The Morgan fingerprint density at radius 1 is 1.10 bits per heavy atom. The molecule has 3 rings (SSSR count). The molecule has 0 spiro atoms. The van der Waals surface area contributed by atoms with Gasteiger partial charge in [0.05, 0.1) is 5.69 Å². The smallest absolute Gasteiger partial charge is 0.271 e. The molecule has 0 bridgehead atoms. The van der Waals surface area contributed by atoms with Gasteiger partial charge in [-0.2, -0.15) is 0 Å². The Morgan fingerprint density at radius 3 is 2.45 bits per heavy atom. The van der Waals surface area contributed by atoms with Crippen LogP contribution in [0.15, 0.2) is 48.5 Å². The predicted molar refractivity (Wildman–Crippen MR) is 111 cm³/mol. The Labute approximate surface area is 170 Å². The summed E-state index contributed by atoms with van der Waals surface area (Å²) in [5.74, 6) is -0.494. The number of anilines is 2. The zero-order valence-electron chi connectivity index (χ0n) is 17.0. The molecule has 1 heterocycles. The van der Waals surface area contributed by atoms with Crippen molar-refractivity contribution in [2.75, 3.05) is 16.8 Å². The quantitative estimate of drug-likeness (QED) is 0.815. The monoisotopic (exact) mass is 395 g/mol. The van der Waals surface area contributed by atoms with Crippen molar-refractivity contribution < 1.29 is 19.1 Å². The van der Waals surface area contributed by atoms with Gasteiger partial charge in [0.2, 0.25) is 5.91 Å². The van der Waals surface area contributed by atoms with Crippen molar-refractivity contribution in [1.29, 1.82) is 0 Å². The van der Waals surface area contributed by atoms with Crippen LogP contribution in [0, 0.1) is 0 Å². The maximum absolute atomic E-state index is 12.9. The van der Waals surface area contributed by atoms with Gasteiger partial charge in [-0.05, 0) is 58.0 Å². The van der Waals surface area contributed by atoms with Crippen LogP contribution in [0.5, 0.6) is 5.75 Å². The molecular formula is C22H25N3O4. The van der Waals surface area contributed by atoms with E-state index >= 15 is 0 Å². The summed E-state index contributed by atoms with van der Waals surface area (Å²) in [4.78, 5) is 39.3. The summed E-state index contributed by atoms with van der Waals surface area (Å²) >= 11 is 0. The fourth-order valence-corrected chi connectivity index (χ4v) is 3.10. The summed E-state index contributed by atoms with van der Waals surface area (Å²) in [7, 11) is 0. The zero-order chi connectivity index (χ0) is 21.2. The molecule has 2 aromatic rings. The van der Waals surface area contributed by atoms with Crippen LogP contribution < -0.4 is 20.3 Å². The zero-order valence-corrected chi connectivity index (χ0v) is 17.0. The average Bonchev–Trinajstić information content (AvgIpc) is 2.65. The Kier molecular flexibility index (Phi) is 5.59. The number of para-hydroxylation sites is 1. The second kappa shape index (κ2) is 7.95. The molecule has 0 unspecified atom stereocenters. The molecule has 2 N–H and O–H groups in total. The van der Waals surface area contributed by atoms with Crippen molar-refractivity contribution >= 4 is 29.1 Å². The molecule has 0 saturated carbocycles. The third kappa shape index (κ3) is 4.56. The Bertz CT molecular complexity index is 938. The van der Waals surface area contributed by atoms with Crippen molar-refractivity contribution in [2.24, 2.45) is 0 Å². The molecule has 0 atom stereocenters. The third-order valence-electron chi connectivity index (χ3n) is 4.42. The molecule has 1 aliphatic heterocycles. The molecule has 7 heteroatoms. The van der Waals surface area contributed by atoms with E-state index < -0.39 is 5.60 Å². The maximum atomic E-state index is 12.9. The molecule has 0 fully saturated rings. The average molecular weight is 395 g/mol. The van der Waals surface area contributed by atoms with E-state index in [0.29, 0.717) is 22.7 Å². The highest BCUT2D eigenvalue weighted by Gasteiger charge is 2.41. The molecule has 152 valence electrons. The van der Waals surface area contributed by atoms with E-state index in [-0.39, 0.29) is 30.3 Å². The van der Waals surface area contributed by atoms with Crippen LogP contribution in [0.3, 0.4) is 0 Å². The number of benzene rings is 2. The van der Waals surface area contributed by atoms with Gasteiger partial charge in [-0.25, -0.2) is 0 Å². The standard InChI is InChI=1S/C22H25N3O4/c1-14(2)23-19(26)13-25-17-12-15(20(27)24-16-8-6-5-7-9-16)10-11-18(17)29-22(3,4)21(25)28/h5-12,14H,13H2,1-4H3,(H,23,26)(H,24,27). The maximum Gasteiger partial charge on any atom is 0.271 e. The number of carbonyl (C=O) groups is 3. The fraction of sp³-hybridized carbons (Fsp3) is 0.318. The van der Waals surface area contributed by atoms with Crippen molar-refractivity contribution in [1.82, 2.24) is 5.32 Å². The number of fused-ring (bicyclic) bond motifs is 1. The van der Waals surface area contributed by atoms with E-state index in [0.717, 1.165) is 0 Å². The van der Waals surface area contributed by atoms with E-state index in [2.05, 4.69) is 10.6 Å². The number of carbonyl (C=O) groups excluding carboxylic acids is 3. The van der Waals surface area contributed by atoms with Crippen LogP contribution in [-0.2, 0) is 9.59 Å². The summed E-state index contributed by atoms with van der Waals surface area (Å²) in [5.41, 5.74) is 0.308. The third-order valence-corrected chi connectivity index (χ3v) is 4.42. The normalized spacial score (nSPS) is 14.8. The van der Waals surface area contributed by atoms with Gasteiger partial charge in [0.25, 0.3) is 11.8 Å². The lowest BCUT2D eigenvalue weighted by atomic mass is 10.0. The number of hydrogen-bond acceptors (Lipinski definition) is 4. The van der Waals surface area contributed by atoms with Crippen molar-refractivity contribution in [3.63, 3.8) is 0 Å². The number of hydrogen-bond donors (Lipinski definition) is 2. The highest BCUT2D eigenvalue weighted by atomic mass is 16.5. The predicted octanol–water partition coefficient (Wildman–Crippen LogP) is 2.97. The number of nitrogens with zero attached hydrogens (tertiary/aromatic N) is 1. The molecule has 0 radical (unpaired) electrons. The molecule has 1 aliphatic rings. The summed E-state index contributed by atoms with van der Waals surface area (Å²) in [6, 6.07) is 13.9. The summed E-state index contributed by atoms with van der Waals surface area (Å²) < 4.78 is 5.82. The van der Waals surface area contributed by atoms with Crippen LogP contribution in [0.4, 0.5) is 11.4 Å². The van der Waals surface area contributed by atoms with Crippen molar-refractivity contribution in [3.05, 3.63) is 54.1 Å². The Balaban J connectivity index is 1.91. The van der Waals surface area contributed by atoms with E-state index in [1.807, 2.05) is 32.0 Å². The van der Waals surface area contributed by atoms with Crippen molar-refractivity contribution in [2.45, 2.75) is 39.3 Å². The van der Waals surface area contributed by atoms with E-state index in [1.165, 1.54) is 4.90 Å². The van der Waals surface area contributed by atoms with Gasteiger partial charge < -0.3 is 15.4 Å². The summed E-state index contributed by atoms with van der Waals surface area (Å²) in [6.07, 6.45) is 0. The topological polar surface area (TPSA) is 87.7 Å². The van der Waals surface area contributed by atoms with Crippen molar-refractivity contribution in [3.8, 4) is 5.75 Å². The highest BCUT2D eigenvalue weighted by Crippen LogP contribution is 2.38. The van der Waals surface area contributed by atoms with Gasteiger partial charge in [-0.15, -0.1) is 0 Å². The molecular weight excluding hydrogens is 370 g/mol. The van der Waals surface area contributed by atoms with E-state index in [1.54, 1.807) is 44.2 Å². The van der Waals surface area contributed by atoms with Gasteiger partial charge in [-0.1, -0.05) is 18.2 Å². The van der Waals surface area contributed by atoms with Crippen LogP contribution in [0.1, 0.15) is 38.1 Å². The van der Waals surface area contributed by atoms with Gasteiger partial charge in [-0.3, -0.25) is 19.3 Å². The van der Waals surface area contributed by atoms with Gasteiger partial charge in [0.1, 0.15) is 12.3 Å². The minimum atomic E-state index is -1.11. The fourth-order valence-electron chi connectivity index (χ4n) is 3.10. The lowest BCUT2D eigenvalue weighted by molar-refractivity contribution is -0.134. The first-order chi connectivity index (χ1) is 13.7. The van der Waals surface area contributed by atoms with Gasteiger partial charge in [0.15, 0.2) is 5.60 Å². The lowest BCUT2D eigenvalue weighted by Crippen LogP contribution is -2.55. The molecule has 0 aliphatic carbocycles. The van der Waals surface area contributed by atoms with Crippen LogP contribution in [0.2, 0.25) is 0 Å². The second-order valence-corrected chi connectivity index (χ2v) is 7.73. The Morgan fingerprint density at radius 2 is 1.79 bits per heavy atom. The first-order valence-corrected chi connectivity index (χ1v) is 9.48. The van der Waals surface area contributed by atoms with E-state index in [4.69, 9.17) is 4.74 Å². The summed E-state index contributed by atoms with van der Waals surface area (Å²) in [5, 5.41) is 5.60. The molecule has 0 saturated heterocycles. The second-order valence-electron chi connectivity index (χ2n) is 7.73. The van der Waals surface area contributed by atoms with Crippen LogP contribution >= 0.6 is 0 Å². The lowest BCUT2D eigenvalue weighted by Gasteiger charge is -2.38. The first kappa shape index (κ1) is 20.4. The number of ether oxygens (including phenoxy) is 1. The van der Waals surface area contributed by atoms with E-state index in [9.17, 15) is 14.4 Å². The molecule has 0 aromatic heterocycles. The number of amides is 3. The number of nitrogens with one attached hydrogen (secondary N) is 2. The summed E-state index contributed by atoms with van der Waals surface area (Å²) in [6.45, 7) is 6.86. The largest absolute Gasteiger partial charge is 0.476 e. The van der Waals surface area contributed by atoms with Crippen LogP contribution in [0.25, 0.3) is 0 Å².